The minimum Gasteiger partial charge on any atom is -0.480 e. The molecule has 0 amide bonds. The molecule has 102 valence electrons. The topological polar surface area (TPSA) is 80.0 Å². The number of carbonyl (C=O) groups is 1. The second-order valence-electron chi connectivity index (χ2n) is 4.60. The normalized spacial score (nSPS) is 11.7. The summed E-state index contributed by atoms with van der Waals surface area (Å²) in [6.45, 7) is 3.70. The van der Waals surface area contributed by atoms with Crippen molar-refractivity contribution in [2.75, 3.05) is 5.32 Å². The molecular weight excluding hydrogens is 244 g/mol. The number of aryl methyl sites for hydroxylation is 1. The van der Waals surface area contributed by atoms with Crippen molar-refractivity contribution in [3.8, 4) is 0 Å². The third-order valence-electron chi connectivity index (χ3n) is 3.62. The van der Waals surface area contributed by atoms with Crippen molar-refractivity contribution in [2.24, 2.45) is 7.05 Å². The number of fused-ring (bicyclic) bond motifs is 1. The molecule has 2 rings (SSSR count). The van der Waals surface area contributed by atoms with E-state index in [2.05, 4.69) is 15.3 Å². The van der Waals surface area contributed by atoms with E-state index in [0.29, 0.717) is 24.2 Å². The van der Waals surface area contributed by atoms with Gasteiger partial charge in [-0.1, -0.05) is 13.8 Å². The zero-order valence-corrected chi connectivity index (χ0v) is 11.3. The predicted octanol–water partition coefficient (Wildman–Crippen LogP) is 2.02. The number of aromatic nitrogens is 3. The third-order valence-corrected chi connectivity index (χ3v) is 3.62. The lowest BCUT2D eigenvalue weighted by molar-refractivity contribution is -0.142. The number of nitrogens with one attached hydrogen (secondary N) is 1. The van der Waals surface area contributed by atoms with Gasteiger partial charge in [-0.05, 0) is 18.9 Å². The summed E-state index contributed by atoms with van der Waals surface area (Å²) < 4.78 is 1.88. The number of rotatable bonds is 5. The Kier molecular flexibility index (Phi) is 3.42. The minimum absolute atomic E-state index is 0.476. The first kappa shape index (κ1) is 13.3. The highest BCUT2D eigenvalue weighted by atomic mass is 16.4. The first-order chi connectivity index (χ1) is 9.04. The quantitative estimate of drug-likeness (QED) is 0.861. The largest absolute Gasteiger partial charge is 0.480 e. The van der Waals surface area contributed by atoms with Crippen molar-refractivity contribution in [1.29, 1.82) is 0 Å². The van der Waals surface area contributed by atoms with Gasteiger partial charge in [-0.25, -0.2) is 14.8 Å². The maximum atomic E-state index is 11.5. The van der Waals surface area contributed by atoms with E-state index in [-0.39, 0.29) is 0 Å². The van der Waals surface area contributed by atoms with Gasteiger partial charge in [0.25, 0.3) is 0 Å². The molecule has 0 fully saturated rings. The second-order valence-corrected chi connectivity index (χ2v) is 4.60. The smallest absolute Gasteiger partial charge is 0.329 e. The Balaban J connectivity index is 2.48. The molecule has 2 N–H and O–H groups in total. The molecule has 0 radical (unpaired) electrons. The lowest BCUT2D eigenvalue weighted by atomic mass is 9.93. The second kappa shape index (κ2) is 4.87. The highest BCUT2D eigenvalue weighted by Crippen LogP contribution is 2.26. The molecule has 0 aliphatic rings. The number of pyridine rings is 1. The van der Waals surface area contributed by atoms with Gasteiger partial charge in [-0.15, -0.1) is 0 Å². The summed E-state index contributed by atoms with van der Waals surface area (Å²) in [7, 11) is 1.89. The fourth-order valence-electron chi connectivity index (χ4n) is 2.16. The number of anilines is 1. The van der Waals surface area contributed by atoms with Crippen LogP contribution in [0, 0.1) is 0 Å². The van der Waals surface area contributed by atoms with E-state index in [9.17, 15) is 9.90 Å². The number of imidazole rings is 1. The average molecular weight is 262 g/mol. The van der Waals surface area contributed by atoms with E-state index in [1.165, 1.54) is 0 Å². The van der Waals surface area contributed by atoms with Crippen molar-refractivity contribution in [3.63, 3.8) is 0 Å². The van der Waals surface area contributed by atoms with Crippen molar-refractivity contribution in [1.82, 2.24) is 14.5 Å². The lowest BCUT2D eigenvalue weighted by Crippen LogP contribution is -2.45. The molecule has 0 bridgehead atoms. The van der Waals surface area contributed by atoms with E-state index in [1.807, 2.05) is 31.5 Å². The van der Waals surface area contributed by atoms with Gasteiger partial charge in [0.2, 0.25) is 0 Å². The minimum atomic E-state index is -1.00. The third kappa shape index (κ3) is 2.14. The first-order valence-electron chi connectivity index (χ1n) is 6.31. The van der Waals surface area contributed by atoms with Gasteiger partial charge in [-0.2, -0.15) is 0 Å². The van der Waals surface area contributed by atoms with Crippen LogP contribution in [0.25, 0.3) is 11.0 Å². The number of hydrogen-bond donors (Lipinski definition) is 2. The van der Waals surface area contributed by atoms with E-state index in [1.54, 1.807) is 12.5 Å². The Morgan fingerprint density at radius 3 is 2.68 bits per heavy atom. The van der Waals surface area contributed by atoms with Gasteiger partial charge >= 0.3 is 5.97 Å². The van der Waals surface area contributed by atoms with Crippen molar-refractivity contribution < 1.29 is 9.90 Å². The van der Waals surface area contributed by atoms with Crippen LogP contribution in [0.4, 0.5) is 5.82 Å². The van der Waals surface area contributed by atoms with Crippen LogP contribution in [0.15, 0.2) is 18.6 Å². The van der Waals surface area contributed by atoms with E-state index >= 15 is 0 Å². The predicted molar refractivity (Wildman–Crippen MR) is 73.1 cm³/mol. The number of hydrogen-bond acceptors (Lipinski definition) is 4. The summed E-state index contributed by atoms with van der Waals surface area (Å²) in [5, 5.41) is 12.5. The molecule has 2 heterocycles. The van der Waals surface area contributed by atoms with Gasteiger partial charge in [0.05, 0.1) is 11.8 Å². The van der Waals surface area contributed by atoms with Gasteiger partial charge in [0.15, 0.2) is 5.82 Å². The van der Waals surface area contributed by atoms with Crippen LogP contribution >= 0.6 is 0 Å². The SMILES string of the molecule is CCC(CC)(Nc1nccc2c1ncn2C)C(=O)O. The molecule has 0 aliphatic heterocycles. The molecule has 0 unspecified atom stereocenters. The molecule has 2 aromatic rings. The standard InChI is InChI=1S/C13H18N4O2/c1-4-13(5-2,12(18)19)16-11-10-9(6-7-14-11)17(3)8-15-10/h6-8H,4-5H2,1-3H3,(H,14,16)(H,18,19). The molecule has 0 aliphatic carbocycles. The van der Waals surface area contributed by atoms with Gasteiger partial charge in [-0.3, -0.25) is 0 Å². The Labute approximate surface area is 111 Å². The van der Waals surface area contributed by atoms with Crippen molar-refractivity contribution >= 4 is 22.8 Å². The number of nitrogens with zero attached hydrogens (tertiary/aromatic N) is 3. The van der Waals surface area contributed by atoms with Gasteiger partial charge in [0.1, 0.15) is 11.1 Å². The molecule has 2 aromatic heterocycles. The zero-order valence-electron chi connectivity index (χ0n) is 11.3. The van der Waals surface area contributed by atoms with Crippen LogP contribution in [0.3, 0.4) is 0 Å². The Morgan fingerprint density at radius 2 is 2.11 bits per heavy atom. The summed E-state index contributed by atoms with van der Waals surface area (Å²) in [6.07, 6.45) is 4.30. The van der Waals surface area contributed by atoms with E-state index in [0.717, 1.165) is 5.52 Å². The van der Waals surface area contributed by atoms with Crippen LogP contribution < -0.4 is 5.32 Å². The van der Waals surface area contributed by atoms with Crippen LogP contribution in [-0.4, -0.2) is 31.1 Å². The maximum Gasteiger partial charge on any atom is 0.329 e. The fourth-order valence-corrected chi connectivity index (χ4v) is 2.16. The zero-order chi connectivity index (χ0) is 14.0. The Morgan fingerprint density at radius 1 is 1.42 bits per heavy atom. The number of carboxylic acid groups (broad SMARTS) is 1. The van der Waals surface area contributed by atoms with Gasteiger partial charge in [0, 0.05) is 13.2 Å². The molecule has 19 heavy (non-hydrogen) atoms. The van der Waals surface area contributed by atoms with Gasteiger partial charge < -0.3 is 15.0 Å². The molecule has 0 saturated heterocycles. The summed E-state index contributed by atoms with van der Waals surface area (Å²) in [5.74, 6) is -0.351. The average Bonchev–Trinajstić information content (AvgIpc) is 2.78. The molecule has 0 spiro atoms. The maximum absolute atomic E-state index is 11.5. The summed E-state index contributed by atoms with van der Waals surface area (Å²) >= 11 is 0. The summed E-state index contributed by atoms with van der Waals surface area (Å²) in [5.41, 5.74) is 0.611. The molecule has 0 saturated carbocycles. The van der Waals surface area contributed by atoms with E-state index in [4.69, 9.17) is 0 Å². The monoisotopic (exact) mass is 262 g/mol. The summed E-state index contributed by atoms with van der Waals surface area (Å²) in [6, 6.07) is 1.86. The lowest BCUT2D eigenvalue weighted by Gasteiger charge is -2.28. The molecule has 6 nitrogen and oxygen atoms in total. The van der Waals surface area contributed by atoms with Crippen molar-refractivity contribution in [3.05, 3.63) is 18.6 Å². The van der Waals surface area contributed by atoms with Crippen LogP contribution in [-0.2, 0) is 11.8 Å². The Bertz CT molecular complexity index is 602. The molecule has 0 atom stereocenters. The Hall–Kier alpha value is -2.11. The molecular formula is C13H18N4O2. The highest BCUT2D eigenvalue weighted by Gasteiger charge is 2.35. The van der Waals surface area contributed by atoms with Crippen LogP contribution in [0.2, 0.25) is 0 Å². The first-order valence-corrected chi connectivity index (χ1v) is 6.31. The molecule has 6 heteroatoms. The molecule has 0 aromatic carbocycles. The van der Waals surface area contributed by atoms with E-state index < -0.39 is 11.5 Å². The van der Waals surface area contributed by atoms with Crippen molar-refractivity contribution in [2.45, 2.75) is 32.2 Å². The van der Waals surface area contributed by atoms with Crippen LogP contribution in [0.5, 0.6) is 0 Å². The highest BCUT2D eigenvalue weighted by molar-refractivity contribution is 5.90. The summed E-state index contributed by atoms with van der Waals surface area (Å²) in [4.78, 5) is 20.0. The number of carboxylic acids is 1. The fraction of sp³-hybridized carbons (Fsp3) is 0.462. The van der Waals surface area contributed by atoms with Crippen LogP contribution in [0.1, 0.15) is 26.7 Å². The number of aliphatic carboxylic acids is 1.